The summed E-state index contributed by atoms with van der Waals surface area (Å²) in [5.74, 6) is 0.256. The highest BCUT2D eigenvalue weighted by molar-refractivity contribution is 7.18. The Labute approximate surface area is 171 Å². The molecule has 0 N–H and O–H groups in total. The first-order chi connectivity index (χ1) is 13.9. The van der Waals surface area contributed by atoms with Gasteiger partial charge in [-0.15, -0.1) is 21.5 Å². The zero-order chi connectivity index (χ0) is 20.4. The first kappa shape index (κ1) is 19.1. The van der Waals surface area contributed by atoms with Gasteiger partial charge in [0.1, 0.15) is 23.4 Å². The van der Waals surface area contributed by atoms with Crippen LogP contribution in [0.25, 0.3) is 21.3 Å². The van der Waals surface area contributed by atoms with Crippen molar-refractivity contribution in [3.8, 4) is 11.1 Å². The van der Waals surface area contributed by atoms with E-state index in [9.17, 15) is 4.79 Å². The van der Waals surface area contributed by atoms with E-state index in [2.05, 4.69) is 31.2 Å². The molecule has 0 atom stereocenters. The van der Waals surface area contributed by atoms with Crippen molar-refractivity contribution in [3.05, 3.63) is 53.7 Å². The van der Waals surface area contributed by atoms with Crippen molar-refractivity contribution < 1.29 is 13.9 Å². The largest absolute Gasteiger partial charge is 0.460 e. The van der Waals surface area contributed by atoms with Crippen LogP contribution in [0.2, 0.25) is 0 Å². The van der Waals surface area contributed by atoms with Crippen molar-refractivity contribution in [2.24, 2.45) is 0 Å². The summed E-state index contributed by atoms with van der Waals surface area (Å²) in [5.41, 5.74) is 2.34. The van der Waals surface area contributed by atoms with Crippen LogP contribution in [0.1, 0.15) is 37.6 Å². The van der Waals surface area contributed by atoms with E-state index in [0.717, 1.165) is 26.4 Å². The number of benzene rings is 1. The molecule has 148 valence electrons. The number of carbonyl (C=O) groups excluding carboxylic acids is 1. The van der Waals surface area contributed by atoms with Crippen LogP contribution in [0.5, 0.6) is 0 Å². The van der Waals surface area contributed by atoms with E-state index in [-0.39, 0.29) is 12.3 Å². The molecule has 0 unspecified atom stereocenters. The average molecular weight is 409 g/mol. The van der Waals surface area contributed by atoms with Gasteiger partial charge in [0.2, 0.25) is 11.8 Å². The topological polar surface area (TPSA) is 104 Å². The Balaban J connectivity index is 1.47. The van der Waals surface area contributed by atoms with E-state index in [1.54, 1.807) is 23.7 Å². The lowest BCUT2D eigenvalue weighted by Crippen LogP contribution is -2.24. The predicted octanol–water partition coefficient (Wildman–Crippen LogP) is 3.61. The lowest BCUT2D eigenvalue weighted by atomic mass is 10.1. The number of esters is 1. The molecule has 3 heterocycles. The first-order valence-corrected chi connectivity index (χ1v) is 9.85. The zero-order valence-electron chi connectivity index (χ0n) is 16.2. The Kier molecular flexibility index (Phi) is 5.06. The summed E-state index contributed by atoms with van der Waals surface area (Å²) in [6, 6.07) is 6.03. The minimum absolute atomic E-state index is 0.0490. The maximum atomic E-state index is 11.9. The number of rotatable bonds is 5. The third-order valence-corrected chi connectivity index (χ3v) is 4.87. The van der Waals surface area contributed by atoms with Crippen LogP contribution in [0, 0.1) is 0 Å². The average Bonchev–Trinajstić information content (AvgIpc) is 3.26. The maximum absolute atomic E-state index is 11.9. The molecule has 0 aliphatic carbocycles. The Morgan fingerprint density at radius 2 is 1.86 bits per heavy atom. The molecule has 3 aromatic heterocycles. The second kappa shape index (κ2) is 7.67. The number of hydrogen-bond donors (Lipinski definition) is 0. The molecule has 0 radical (unpaired) electrons. The van der Waals surface area contributed by atoms with E-state index in [4.69, 9.17) is 9.15 Å². The Morgan fingerprint density at radius 3 is 2.62 bits per heavy atom. The minimum atomic E-state index is -0.550. The van der Waals surface area contributed by atoms with Crippen molar-refractivity contribution in [3.63, 3.8) is 0 Å². The molecule has 0 fully saturated rings. The highest BCUT2D eigenvalue weighted by atomic mass is 32.1. The highest BCUT2D eigenvalue weighted by Gasteiger charge is 2.19. The molecule has 0 amide bonds. The summed E-state index contributed by atoms with van der Waals surface area (Å²) < 4.78 is 11.9. The van der Waals surface area contributed by atoms with Gasteiger partial charge >= 0.3 is 5.97 Å². The van der Waals surface area contributed by atoms with Crippen molar-refractivity contribution in [1.82, 2.24) is 25.1 Å². The second-order valence-corrected chi connectivity index (χ2v) is 8.56. The Morgan fingerprint density at radius 1 is 1.10 bits per heavy atom. The molecule has 0 spiro atoms. The molecular formula is C20H19N5O3S. The summed E-state index contributed by atoms with van der Waals surface area (Å²) in [6.45, 7) is 5.44. The molecule has 1 aromatic carbocycles. The molecule has 0 bridgehead atoms. The van der Waals surface area contributed by atoms with E-state index in [1.807, 2.05) is 32.9 Å². The smallest absolute Gasteiger partial charge is 0.315 e. The number of aromatic nitrogens is 5. The summed E-state index contributed by atoms with van der Waals surface area (Å²) in [7, 11) is 0. The van der Waals surface area contributed by atoms with Gasteiger partial charge in [0.05, 0.1) is 16.6 Å². The molecular weight excluding hydrogens is 390 g/mol. The van der Waals surface area contributed by atoms with E-state index >= 15 is 0 Å². The predicted molar refractivity (Wildman–Crippen MR) is 107 cm³/mol. The fourth-order valence-corrected chi connectivity index (χ4v) is 3.73. The van der Waals surface area contributed by atoms with Crippen LogP contribution >= 0.6 is 11.3 Å². The molecule has 29 heavy (non-hydrogen) atoms. The molecule has 0 aliphatic rings. The Bertz CT molecular complexity index is 1150. The van der Waals surface area contributed by atoms with Crippen LogP contribution in [-0.4, -0.2) is 36.7 Å². The van der Waals surface area contributed by atoms with E-state index in [0.29, 0.717) is 12.3 Å². The van der Waals surface area contributed by atoms with Crippen molar-refractivity contribution >= 4 is 27.5 Å². The molecule has 0 aliphatic heterocycles. The first-order valence-electron chi connectivity index (χ1n) is 9.04. The summed E-state index contributed by atoms with van der Waals surface area (Å²) in [4.78, 5) is 24.6. The molecule has 9 heteroatoms. The van der Waals surface area contributed by atoms with Crippen LogP contribution in [-0.2, 0) is 22.4 Å². The second-order valence-electron chi connectivity index (χ2n) is 7.45. The summed E-state index contributed by atoms with van der Waals surface area (Å²) >= 11 is 1.56. The third-order valence-electron chi connectivity index (χ3n) is 3.85. The van der Waals surface area contributed by atoms with Gasteiger partial charge in [-0.3, -0.25) is 4.79 Å². The van der Waals surface area contributed by atoms with Gasteiger partial charge in [0.25, 0.3) is 0 Å². The number of nitrogens with zero attached hydrogens (tertiary/aromatic N) is 5. The van der Waals surface area contributed by atoms with Crippen LogP contribution in [0.15, 0.2) is 41.3 Å². The molecule has 4 rings (SSSR count). The molecule has 8 nitrogen and oxygen atoms in total. The number of ether oxygens (including phenoxy) is 1. The summed E-state index contributed by atoms with van der Waals surface area (Å²) in [5, 5.41) is 8.81. The third kappa shape index (κ3) is 4.80. The minimum Gasteiger partial charge on any atom is -0.460 e. The SMILES string of the molecule is CC(C)(C)OC(=O)Cc1nnc(Cc2nc3ccc(-c4cncnc4)cc3s2)o1. The van der Waals surface area contributed by atoms with Gasteiger partial charge in [-0.2, -0.15) is 0 Å². The number of thiazole rings is 1. The monoisotopic (exact) mass is 409 g/mol. The quantitative estimate of drug-likeness (QED) is 0.461. The van der Waals surface area contributed by atoms with Gasteiger partial charge < -0.3 is 9.15 Å². The number of fused-ring (bicyclic) bond motifs is 1. The van der Waals surface area contributed by atoms with Crippen LogP contribution in [0.4, 0.5) is 0 Å². The lowest BCUT2D eigenvalue weighted by molar-refractivity contribution is -0.154. The Hall–Kier alpha value is -3.20. The van der Waals surface area contributed by atoms with Crippen molar-refractivity contribution in [2.75, 3.05) is 0 Å². The highest BCUT2D eigenvalue weighted by Crippen LogP contribution is 2.28. The van der Waals surface area contributed by atoms with Gasteiger partial charge in [0.15, 0.2) is 0 Å². The standard InChI is InChI=1S/C20H19N5O3S/c1-20(2,3)28-19(26)8-17-25-24-16(27-17)7-18-23-14-5-4-12(6-15(14)29-18)13-9-21-11-22-10-13/h4-6,9-11H,7-8H2,1-3H3. The van der Waals surface area contributed by atoms with Crippen LogP contribution < -0.4 is 0 Å². The fourth-order valence-electron chi connectivity index (χ4n) is 2.74. The molecule has 4 aromatic rings. The lowest BCUT2D eigenvalue weighted by Gasteiger charge is -2.18. The van der Waals surface area contributed by atoms with Gasteiger partial charge in [0, 0.05) is 18.0 Å². The van der Waals surface area contributed by atoms with Gasteiger partial charge in [-0.1, -0.05) is 6.07 Å². The van der Waals surface area contributed by atoms with Gasteiger partial charge in [-0.05, 0) is 38.5 Å². The van der Waals surface area contributed by atoms with Gasteiger partial charge in [-0.25, -0.2) is 15.0 Å². The summed E-state index contributed by atoms with van der Waals surface area (Å²) in [6.07, 6.45) is 5.42. The normalized spacial score (nSPS) is 11.7. The fraction of sp³-hybridized carbons (Fsp3) is 0.300. The van der Waals surface area contributed by atoms with Crippen molar-refractivity contribution in [2.45, 2.75) is 39.2 Å². The van der Waals surface area contributed by atoms with E-state index < -0.39 is 11.6 Å². The molecule has 0 saturated carbocycles. The number of carbonyl (C=O) groups is 1. The molecule has 0 saturated heterocycles. The van der Waals surface area contributed by atoms with Crippen molar-refractivity contribution in [1.29, 1.82) is 0 Å². The number of hydrogen-bond acceptors (Lipinski definition) is 9. The zero-order valence-corrected chi connectivity index (χ0v) is 17.1. The van der Waals surface area contributed by atoms with Crippen LogP contribution in [0.3, 0.4) is 0 Å². The maximum Gasteiger partial charge on any atom is 0.315 e. The van der Waals surface area contributed by atoms with E-state index in [1.165, 1.54) is 6.33 Å².